The molecular weight excluding hydrogens is 270 g/mol. The third kappa shape index (κ3) is 1.60. The topological polar surface area (TPSA) is 41.6 Å². The fourth-order valence-electron chi connectivity index (χ4n) is 2.53. The molecule has 3 nitrogen and oxygen atoms in total. The number of aromatic amines is 1. The summed E-state index contributed by atoms with van der Waals surface area (Å²) < 4.78 is 0. The largest absolute Gasteiger partial charge is 0.353 e. The molecule has 0 unspecified atom stereocenters. The van der Waals surface area contributed by atoms with Gasteiger partial charge in [0, 0.05) is 21.9 Å². The van der Waals surface area contributed by atoms with Crippen molar-refractivity contribution in [2.24, 2.45) is 0 Å². The molecular formula is C16H10ClN3. The highest BCUT2D eigenvalue weighted by molar-refractivity contribution is 6.37. The summed E-state index contributed by atoms with van der Waals surface area (Å²) in [6.45, 7) is 0. The number of aromatic nitrogens is 3. The molecule has 0 atom stereocenters. The Bertz CT molecular complexity index is 913. The van der Waals surface area contributed by atoms with Crippen molar-refractivity contribution in [3.05, 3.63) is 59.8 Å². The molecule has 4 rings (SSSR count). The van der Waals surface area contributed by atoms with Gasteiger partial charge in [-0.1, -0.05) is 60.1 Å². The first-order valence-corrected chi connectivity index (χ1v) is 6.70. The van der Waals surface area contributed by atoms with E-state index in [4.69, 9.17) is 11.6 Å². The van der Waals surface area contributed by atoms with E-state index in [0.29, 0.717) is 5.15 Å². The smallest absolute Gasteiger partial charge is 0.161 e. The second-order valence-corrected chi connectivity index (χ2v) is 4.98. The number of H-pyrrole nitrogens is 1. The van der Waals surface area contributed by atoms with E-state index >= 15 is 0 Å². The fourth-order valence-corrected chi connectivity index (χ4v) is 2.76. The van der Waals surface area contributed by atoms with Crippen LogP contribution in [0.1, 0.15) is 0 Å². The number of hydrogen-bond acceptors (Lipinski definition) is 2. The van der Waals surface area contributed by atoms with Gasteiger partial charge in [0.2, 0.25) is 0 Å². The van der Waals surface area contributed by atoms with Crippen LogP contribution in [0.3, 0.4) is 0 Å². The van der Waals surface area contributed by atoms with E-state index in [-0.39, 0.29) is 0 Å². The first-order chi connectivity index (χ1) is 9.84. The van der Waals surface area contributed by atoms with Crippen LogP contribution in [0.4, 0.5) is 0 Å². The van der Waals surface area contributed by atoms with Gasteiger partial charge in [0.1, 0.15) is 5.69 Å². The normalized spacial score (nSPS) is 11.2. The number of hydrogen-bond donors (Lipinski definition) is 1. The first kappa shape index (κ1) is 11.4. The molecule has 0 aliphatic carbocycles. The standard InChI is InChI=1S/C16H10ClN3/c17-16-13-11-8-4-5-9-12(11)18-15(13)14(19-20-16)10-6-2-1-3-7-10/h1-9,18H. The van der Waals surface area contributed by atoms with Crippen molar-refractivity contribution >= 4 is 33.4 Å². The average molecular weight is 280 g/mol. The Morgan fingerprint density at radius 3 is 2.45 bits per heavy atom. The summed E-state index contributed by atoms with van der Waals surface area (Å²) in [7, 11) is 0. The molecule has 0 radical (unpaired) electrons. The summed E-state index contributed by atoms with van der Waals surface area (Å²) in [5.74, 6) is 0. The quantitative estimate of drug-likeness (QED) is 0.560. The van der Waals surface area contributed by atoms with E-state index in [1.165, 1.54) is 0 Å². The van der Waals surface area contributed by atoms with Crippen LogP contribution in [0.2, 0.25) is 5.15 Å². The predicted octanol–water partition coefficient (Wildman–Crippen LogP) is 4.43. The van der Waals surface area contributed by atoms with Crippen LogP contribution in [-0.4, -0.2) is 15.2 Å². The van der Waals surface area contributed by atoms with Crippen molar-refractivity contribution in [3.63, 3.8) is 0 Å². The number of nitrogens with zero attached hydrogens (tertiary/aromatic N) is 2. The van der Waals surface area contributed by atoms with E-state index in [1.54, 1.807) is 0 Å². The van der Waals surface area contributed by atoms with Crippen molar-refractivity contribution in [2.75, 3.05) is 0 Å². The number of halogens is 1. The highest BCUT2D eigenvalue weighted by Gasteiger charge is 2.14. The van der Waals surface area contributed by atoms with Crippen molar-refractivity contribution in [3.8, 4) is 11.3 Å². The van der Waals surface area contributed by atoms with E-state index in [2.05, 4.69) is 15.2 Å². The van der Waals surface area contributed by atoms with Crippen LogP contribution < -0.4 is 0 Å². The summed E-state index contributed by atoms with van der Waals surface area (Å²) in [4.78, 5) is 3.40. The Kier molecular flexibility index (Phi) is 2.47. The molecule has 1 N–H and O–H groups in total. The molecule has 96 valence electrons. The maximum Gasteiger partial charge on any atom is 0.161 e. The molecule has 0 aliphatic heterocycles. The number of benzene rings is 2. The molecule has 0 amide bonds. The van der Waals surface area contributed by atoms with E-state index in [1.807, 2.05) is 54.6 Å². The number of para-hydroxylation sites is 1. The number of rotatable bonds is 1. The van der Waals surface area contributed by atoms with Crippen molar-refractivity contribution in [1.29, 1.82) is 0 Å². The maximum atomic E-state index is 6.24. The molecule has 0 spiro atoms. The minimum atomic E-state index is 0.428. The lowest BCUT2D eigenvalue weighted by atomic mass is 10.1. The Morgan fingerprint density at radius 1 is 0.850 bits per heavy atom. The SMILES string of the molecule is Clc1nnc(-c2ccccc2)c2[nH]c3ccccc3c12. The molecule has 4 heteroatoms. The summed E-state index contributed by atoms with van der Waals surface area (Å²) in [6.07, 6.45) is 0. The molecule has 0 aliphatic rings. The van der Waals surface area contributed by atoms with Gasteiger partial charge in [-0.25, -0.2) is 0 Å². The van der Waals surface area contributed by atoms with Gasteiger partial charge in [-0.15, -0.1) is 10.2 Å². The lowest BCUT2D eigenvalue weighted by Gasteiger charge is -2.02. The monoisotopic (exact) mass is 279 g/mol. The van der Waals surface area contributed by atoms with Gasteiger partial charge in [0.05, 0.1) is 5.52 Å². The Labute approximate surface area is 120 Å². The second-order valence-electron chi connectivity index (χ2n) is 4.63. The zero-order valence-corrected chi connectivity index (χ0v) is 11.2. The van der Waals surface area contributed by atoms with E-state index < -0.39 is 0 Å². The summed E-state index contributed by atoms with van der Waals surface area (Å²) >= 11 is 6.24. The fraction of sp³-hybridized carbons (Fsp3) is 0. The van der Waals surface area contributed by atoms with Gasteiger partial charge < -0.3 is 4.98 Å². The highest BCUT2D eigenvalue weighted by Crippen LogP contribution is 2.34. The van der Waals surface area contributed by atoms with Gasteiger partial charge in [-0.2, -0.15) is 0 Å². The van der Waals surface area contributed by atoms with Crippen LogP contribution in [0, 0.1) is 0 Å². The minimum absolute atomic E-state index is 0.428. The predicted molar refractivity (Wildman–Crippen MR) is 81.8 cm³/mol. The molecule has 2 aromatic carbocycles. The van der Waals surface area contributed by atoms with Crippen LogP contribution in [0.15, 0.2) is 54.6 Å². The number of fused-ring (bicyclic) bond motifs is 3. The van der Waals surface area contributed by atoms with Crippen LogP contribution in [0.5, 0.6) is 0 Å². The zero-order chi connectivity index (χ0) is 13.5. The molecule has 2 aromatic heterocycles. The van der Waals surface area contributed by atoms with E-state index in [0.717, 1.165) is 33.1 Å². The molecule has 4 aromatic rings. The Hall–Kier alpha value is -2.39. The van der Waals surface area contributed by atoms with Gasteiger partial charge in [0.25, 0.3) is 0 Å². The number of nitrogens with one attached hydrogen (secondary N) is 1. The second kappa shape index (κ2) is 4.32. The maximum absolute atomic E-state index is 6.24. The van der Waals surface area contributed by atoms with Crippen LogP contribution >= 0.6 is 11.6 Å². The molecule has 0 saturated carbocycles. The lowest BCUT2D eigenvalue weighted by molar-refractivity contribution is 1.06. The molecule has 0 saturated heterocycles. The Morgan fingerprint density at radius 2 is 1.60 bits per heavy atom. The third-order valence-corrected chi connectivity index (χ3v) is 3.70. The molecule has 2 heterocycles. The van der Waals surface area contributed by atoms with Gasteiger partial charge in [0.15, 0.2) is 5.15 Å². The summed E-state index contributed by atoms with van der Waals surface area (Å²) in [5.41, 5.74) is 3.81. The molecule has 20 heavy (non-hydrogen) atoms. The van der Waals surface area contributed by atoms with Gasteiger partial charge in [-0.05, 0) is 6.07 Å². The average Bonchev–Trinajstić information content (AvgIpc) is 2.88. The Balaban J connectivity index is 2.16. The summed E-state index contributed by atoms with van der Waals surface area (Å²) in [6, 6.07) is 18.0. The van der Waals surface area contributed by atoms with Crippen molar-refractivity contribution in [1.82, 2.24) is 15.2 Å². The highest BCUT2D eigenvalue weighted by atomic mass is 35.5. The third-order valence-electron chi connectivity index (χ3n) is 3.43. The summed E-state index contributed by atoms with van der Waals surface area (Å²) in [5, 5.41) is 10.8. The van der Waals surface area contributed by atoms with Crippen molar-refractivity contribution in [2.45, 2.75) is 0 Å². The zero-order valence-electron chi connectivity index (χ0n) is 10.5. The molecule has 0 bridgehead atoms. The van der Waals surface area contributed by atoms with E-state index in [9.17, 15) is 0 Å². The minimum Gasteiger partial charge on any atom is -0.353 e. The van der Waals surface area contributed by atoms with Gasteiger partial charge >= 0.3 is 0 Å². The van der Waals surface area contributed by atoms with Crippen molar-refractivity contribution < 1.29 is 0 Å². The van der Waals surface area contributed by atoms with Crippen LogP contribution in [-0.2, 0) is 0 Å². The first-order valence-electron chi connectivity index (χ1n) is 6.32. The molecule has 0 fully saturated rings. The van der Waals surface area contributed by atoms with Gasteiger partial charge in [-0.3, -0.25) is 0 Å². The van der Waals surface area contributed by atoms with Crippen LogP contribution in [0.25, 0.3) is 33.1 Å². The lowest BCUT2D eigenvalue weighted by Crippen LogP contribution is -1.90.